The fraction of sp³-hybridized carbons (Fsp3) is 0.500. The first-order chi connectivity index (χ1) is 9.93. The van der Waals surface area contributed by atoms with E-state index >= 15 is 0 Å². The number of likely N-dealkylation sites (tertiary alicyclic amines) is 1. The van der Waals surface area contributed by atoms with Gasteiger partial charge in [0.1, 0.15) is 0 Å². The molecule has 0 aromatic heterocycles. The number of piperidine rings is 1. The Kier molecular flexibility index (Phi) is 5.24. The summed E-state index contributed by atoms with van der Waals surface area (Å²) in [6.07, 6.45) is 1.89. The first-order valence-corrected chi connectivity index (χ1v) is 9.06. The largest absolute Gasteiger partial charge is 0.384 e. The van der Waals surface area contributed by atoms with E-state index in [0.29, 0.717) is 19.7 Å². The molecule has 2 rings (SSSR count). The Morgan fingerprint density at radius 1 is 1.43 bits per heavy atom. The van der Waals surface area contributed by atoms with Gasteiger partial charge in [0.05, 0.1) is 17.1 Å². The minimum Gasteiger partial charge on any atom is -0.384 e. The van der Waals surface area contributed by atoms with Crippen molar-refractivity contribution in [1.82, 2.24) is 4.90 Å². The van der Waals surface area contributed by atoms with Gasteiger partial charge in [-0.2, -0.15) is 0 Å². The Bertz CT molecular complexity index is 615. The summed E-state index contributed by atoms with van der Waals surface area (Å²) in [6.45, 7) is 1.79. The summed E-state index contributed by atoms with van der Waals surface area (Å²) in [7, 11) is 3.10. The maximum Gasteiger partial charge on any atom is 0.262 e. The fourth-order valence-electron chi connectivity index (χ4n) is 2.65. The van der Waals surface area contributed by atoms with Crippen molar-refractivity contribution in [1.29, 1.82) is 0 Å². The lowest BCUT2D eigenvalue weighted by atomic mass is 9.98. The number of amides is 1. The molecule has 0 aliphatic carbocycles. The number of benzene rings is 1. The Morgan fingerprint density at radius 3 is 2.81 bits per heavy atom. The van der Waals surface area contributed by atoms with Crippen molar-refractivity contribution in [3.8, 4) is 0 Å². The van der Waals surface area contributed by atoms with E-state index in [9.17, 15) is 13.2 Å². The van der Waals surface area contributed by atoms with Crippen molar-refractivity contribution >= 4 is 25.6 Å². The SMILES string of the molecule is COCC1CCCN(C(=O)c2ccccc2S(=O)(=O)Cl)C1. The zero-order valence-corrected chi connectivity index (χ0v) is 13.4. The molecule has 0 radical (unpaired) electrons. The lowest BCUT2D eigenvalue weighted by molar-refractivity contribution is 0.0567. The first-order valence-electron chi connectivity index (χ1n) is 6.75. The van der Waals surface area contributed by atoms with Crippen LogP contribution in [0.5, 0.6) is 0 Å². The molecule has 7 heteroatoms. The quantitative estimate of drug-likeness (QED) is 0.793. The van der Waals surface area contributed by atoms with Crippen molar-refractivity contribution in [2.75, 3.05) is 26.8 Å². The van der Waals surface area contributed by atoms with Crippen LogP contribution in [-0.2, 0) is 13.8 Å². The summed E-state index contributed by atoms with van der Waals surface area (Å²) in [5, 5.41) is 0. The molecular formula is C14H18ClNO4S. The summed E-state index contributed by atoms with van der Waals surface area (Å²) in [5.74, 6) is -0.0110. The Morgan fingerprint density at radius 2 is 2.14 bits per heavy atom. The third kappa shape index (κ3) is 3.96. The molecule has 1 fully saturated rings. The molecule has 1 amide bonds. The lowest BCUT2D eigenvalue weighted by Gasteiger charge is -2.32. The van der Waals surface area contributed by atoms with E-state index in [-0.39, 0.29) is 22.3 Å². The lowest BCUT2D eigenvalue weighted by Crippen LogP contribution is -2.41. The first kappa shape index (κ1) is 16.3. The van der Waals surface area contributed by atoms with Gasteiger partial charge in [0.25, 0.3) is 15.0 Å². The number of carbonyl (C=O) groups is 1. The molecule has 1 aliphatic rings. The molecule has 1 aliphatic heterocycles. The van der Waals surface area contributed by atoms with Crippen LogP contribution in [-0.4, -0.2) is 46.0 Å². The second kappa shape index (κ2) is 6.77. The van der Waals surface area contributed by atoms with Gasteiger partial charge in [0, 0.05) is 30.9 Å². The van der Waals surface area contributed by atoms with E-state index in [1.54, 1.807) is 24.1 Å². The van der Waals surface area contributed by atoms with Crippen LogP contribution in [0.2, 0.25) is 0 Å². The molecule has 1 unspecified atom stereocenters. The number of methoxy groups -OCH3 is 1. The molecule has 1 heterocycles. The van der Waals surface area contributed by atoms with Crippen LogP contribution in [0, 0.1) is 5.92 Å². The number of nitrogens with zero attached hydrogens (tertiary/aromatic N) is 1. The highest BCUT2D eigenvalue weighted by atomic mass is 35.7. The summed E-state index contributed by atoms with van der Waals surface area (Å²) in [6, 6.07) is 6.04. The highest BCUT2D eigenvalue weighted by Crippen LogP contribution is 2.24. The van der Waals surface area contributed by atoms with Crippen LogP contribution in [0.25, 0.3) is 0 Å². The van der Waals surface area contributed by atoms with E-state index in [2.05, 4.69) is 0 Å². The van der Waals surface area contributed by atoms with Gasteiger partial charge in [0.2, 0.25) is 0 Å². The minimum absolute atomic E-state index is 0.130. The van der Waals surface area contributed by atoms with Crippen molar-refractivity contribution in [3.63, 3.8) is 0 Å². The van der Waals surface area contributed by atoms with Gasteiger partial charge in [-0.1, -0.05) is 12.1 Å². The molecule has 5 nitrogen and oxygen atoms in total. The molecule has 0 spiro atoms. The summed E-state index contributed by atoms with van der Waals surface area (Å²) in [5.41, 5.74) is 0.130. The normalized spacial score (nSPS) is 19.5. The van der Waals surface area contributed by atoms with Gasteiger partial charge >= 0.3 is 0 Å². The highest BCUT2D eigenvalue weighted by Gasteiger charge is 2.28. The molecule has 0 N–H and O–H groups in total. The van der Waals surface area contributed by atoms with E-state index < -0.39 is 9.05 Å². The van der Waals surface area contributed by atoms with Gasteiger partial charge in [-0.15, -0.1) is 0 Å². The van der Waals surface area contributed by atoms with E-state index in [1.165, 1.54) is 12.1 Å². The van der Waals surface area contributed by atoms with Crippen LogP contribution < -0.4 is 0 Å². The van der Waals surface area contributed by atoms with Crippen molar-refractivity contribution in [3.05, 3.63) is 29.8 Å². The minimum atomic E-state index is -3.94. The van der Waals surface area contributed by atoms with Crippen LogP contribution >= 0.6 is 10.7 Å². The number of ether oxygens (including phenoxy) is 1. The molecular weight excluding hydrogens is 314 g/mol. The molecule has 0 saturated carbocycles. The maximum absolute atomic E-state index is 12.6. The van der Waals surface area contributed by atoms with Crippen LogP contribution in [0.15, 0.2) is 29.2 Å². The molecule has 0 bridgehead atoms. The smallest absolute Gasteiger partial charge is 0.262 e. The van der Waals surface area contributed by atoms with E-state index in [0.717, 1.165) is 12.8 Å². The molecule has 1 saturated heterocycles. The van der Waals surface area contributed by atoms with Crippen LogP contribution in [0.4, 0.5) is 0 Å². The average molecular weight is 332 g/mol. The Labute approximate surface area is 129 Å². The number of halogens is 1. The second-order valence-electron chi connectivity index (χ2n) is 5.15. The monoisotopic (exact) mass is 331 g/mol. The Balaban J connectivity index is 2.24. The average Bonchev–Trinajstić information content (AvgIpc) is 2.46. The van der Waals surface area contributed by atoms with E-state index in [4.69, 9.17) is 15.4 Å². The third-order valence-electron chi connectivity index (χ3n) is 3.59. The van der Waals surface area contributed by atoms with Gasteiger partial charge < -0.3 is 9.64 Å². The zero-order chi connectivity index (χ0) is 15.5. The summed E-state index contributed by atoms with van der Waals surface area (Å²) in [4.78, 5) is 14.1. The molecule has 116 valence electrons. The summed E-state index contributed by atoms with van der Waals surface area (Å²) >= 11 is 0. The third-order valence-corrected chi connectivity index (χ3v) is 4.97. The highest BCUT2D eigenvalue weighted by molar-refractivity contribution is 8.13. The predicted octanol–water partition coefficient (Wildman–Crippen LogP) is 2.11. The fourth-order valence-corrected chi connectivity index (χ4v) is 3.71. The topological polar surface area (TPSA) is 63.7 Å². The molecule has 1 aromatic carbocycles. The summed E-state index contributed by atoms with van der Waals surface area (Å²) < 4.78 is 28.3. The van der Waals surface area contributed by atoms with Crippen molar-refractivity contribution in [2.24, 2.45) is 5.92 Å². The van der Waals surface area contributed by atoms with Crippen molar-refractivity contribution < 1.29 is 17.9 Å². The van der Waals surface area contributed by atoms with Crippen LogP contribution in [0.3, 0.4) is 0 Å². The van der Waals surface area contributed by atoms with Crippen LogP contribution in [0.1, 0.15) is 23.2 Å². The Hall–Kier alpha value is -1.11. The molecule has 21 heavy (non-hydrogen) atoms. The number of hydrogen-bond acceptors (Lipinski definition) is 4. The second-order valence-corrected chi connectivity index (χ2v) is 7.68. The van der Waals surface area contributed by atoms with Gasteiger partial charge in [-0.3, -0.25) is 4.79 Å². The zero-order valence-electron chi connectivity index (χ0n) is 11.8. The van der Waals surface area contributed by atoms with Gasteiger partial charge in [-0.25, -0.2) is 8.42 Å². The predicted molar refractivity (Wildman–Crippen MR) is 80.0 cm³/mol. The number of rotatable bonds is 4. The van der Waals surface area contributed by atoms with Gasteiger partial charge in [-0.05, 0) is 30.9 Å². The van der Waals surface area contributed by atoms with Gasteiger partial charge in [0.15, 0.2) is 0 Å². The van der Waals surface area contributed by atoms with Crippen molar-refractivity contribution in [2.45, 2.75) is 17.7 Å². The molecule has 1 aromatic rings. The van der Waals surface area contributed by atoms with E-state index in [1.807, 2.05) is 0 Å². The number of carbonyl (C=O) groups excluding carboxylic acids is 1. The standard InChI is InChI=1S/C14H18ClNO4S/c1-20-10-11-5-4-8-16(9-11)14(17)12-6-2-3-7-13(12)21(15,18)19/h2-3,6-7,11H,4-5,8-10H2,1H3. The number of hydrogen-bond donors (Lipinski definition) is 0. The molecule has 1 atom stereocenters. The maximum atomic E-state index is 12.6.